The van der Waals surface area contributed by atoms with Crippen LogP contribution in [-0.2, 0) is 4.79 Å². The molecule has 1 N–H and O–H groups in total. The molecular weight excluding hydrogens is 573 g/mol. The van der Waals surface area contributed by atoms with Gasteiger partial charge in [0.1, 0.15) is 11.4 Å². The Balaban J connectivity index is 2.25. The topological polar surface area (TPSA) is 46.5 Å². The van der Waals surface area contributed by atoms with Gasteiger partial charge in [-0.15, -0.1) is 0 Å². The van der Waals surface area contributed by atoms with E-state index in [1.54, 1.807) is 0 Å². The monoisotopic (exact) mass is 584 g/mol. The quantitative estimate of drug-likeness (QED) is 0.539. The van der Waals surface area contributed by atoms with Gasteiger partial charge in [0.15, 0.2) is 0 Å². The summed E-state index contributed by atoms with van der Waals surface area (Å²) in [7, 11) is 0. The molecule has 0 heterocycles. The number of carbonyl (C=O) groups is 1. The Bertz CT molecular complexity index is 460. The normalized spacial score (nSPS) is 17.1. The van der Waals surface area contributed by atoms with Crippen LogP contribution in [0.25, 0.3) is 0 Å². The number of aliphatic carboxylic acids is 1. The molecule has 0 aliphatic heterocycles. The average molecular weight is 584 g/mol. The Morgan fingerprint density at radius 1 is 1.28 bits per heavy atom. The predicted molar refractivity (Wildman–Crippen MR) is 94.1 cm³/mol. The number of hydrogen-bond acceptors (Lipinski definition) is 2. The SMILES string of the molecule is O=C(O)CC1(Oc2c(I)cc(I)cc2I)CCC1. The first-order valence-corrected chi connectivity index (χ1v) is 8.71. The van der Waals surface area contributed by atoms with Gasteiger partial charge in [-0.3, -0.25) is 4.79 Å². The van der Waals surface area contributed by atoms with Crippen molar-refractivity contribution >= 4 is 73.7 Å². The van der Waals surface area contributed by atoms with E-state index in [0.29, 0.717) is 0 Å². The summed E-state index contributed by atoms with van der Waals surface area (Å²) in [6.07, 6.45) is 2.80. The number of carboxylic acid groups (broad SMARTS) is 1. The lowest BCUT2D eigenvalue weighted by molar-refractivity contribution is -0.144. The maximum Gasteiger partial charge on any atom is 0.307 e. The van der Waals surface area contributed by atoms with Crippen molar-refractivity contribution in [3.05, 3.63) is 22.8 Å². The van der Waals surface area contributed by atoms with Gasteiger partial charge in [0.2, 0.25) is 0 Å². The van der Waals surface area contributed by atoms with Crippen molar-refractivity contribution in [3.63, 3.8) is 0 Å². The smallest absolute Gasteiger partial charge is 0.307 e. The second-order valence-electron chi connectivity index (χ2n) is 4.41. The summed E-state index contributed by atoms with van der Waals surface area (Å²) in [6.45, 7) is 0. The van der Waals surface area contributed by atoms with Gasteiger partial charge in [-0.25, -0.2) is 0 Å². The zero-order valence-electron chi connectivity index (χ0n) is 9.38. The van der Waals surface area contributed by atoms with Gasteiger partial charge in [-0.1, -0.05) is 0 Å². The highest BCUT2D eigenvalue weighted by Crippen LogP contribution is 2.42. The number of benzene rings is 1. The molecule has 0 unspecified atom stereocenters. The molecule has 0 saturated heterocycles. The molecule has 6 heteroatoms. The van der Waals surface area contributed by atoms with E-state index in [2.05, 4.69) is 67.8 Å². The lowest BCUT2D eigenvalue weighted by Gasteiger charge is -2.41. The van der Waals surface area contributed by atoms with E-state index in [4.69, 9.17) is 9.84 Å². The van der Waals surface area contributed by atoms with Gasteiger partial charge in [-0.05, 0) is 99.2 Å². The summed E-state index contributed by atoms with van der Waals surface area (Å²) in [5.41, 5.74) is -0.488. The Kier molecular flexibility index (Phi) is 5.01. The zero-order chi connectivity index (χ0) is 13.3. The fourth-order valence-electron chi connectivity index (χ4n) is 2.00. The molecule has 1 saturated carbocycles. The van der Waals surface area contributed by atoms with Crippen LogP contribution in [0.2, 0.25) is 0 Å². The first-order valence-electron chi connectivity index (χ1n) is 5.47. The van der Waals surface area contributed by atoms with E-state index < -0.39 is 11.6 Å². The Morgan fingerprint density at radius 3 is 2.22 bits per heavy atom. The van der Waals surface area contributed by atoms with Gasteiger partial charge in [0.05, 0.1) is 13.6 Å². The van der Waals surface area contributed by atoms with Gasteiger partial charge in [0, 0.05) is 3.57 Å². The Morgan fingerprint density at radius 2 is 1.83 bits per heavy atom. The third-order valence-electron chi connectivity index (χ3n) is 3.02. The fourth-order valence-corrected chi connectivity index (χ4v) is 5.81. The number of rotatable bonds is 4. The summed E-state index contributed by atoms with van der Waals surface area (Å²) in [5, 5.41) is 8.99. The highest BCUT2D eigenvalue weighted by atomic mass is 127. The molecule has 0 aromatic heterocycles. The highest BCUT2D eigenvalue weighted by molar-refractivity contribution is 14.1. The minimum Gasteiger partial charge on any atom is -0.484 e. The van der Waals surface area contributed by atoms with Crippen molar-refractivity contribution in [1.82, 2.24) is 0 Å². The number of carboxylic acids is 1. The first-order chi connectivity index (χ1) is 8.42. The van der Waals surface area contributed by atoms with E-state index in [9.17, 15) is 4.79 Å². The van der Waals surface area contributed by atoms with Crippen molar-refractivity contribution in [2.45, 2.75) is 31.3 Å². The van der Waals surface area contributed by atoms with Crippen molar-refractivity contribution in [2.75, 3.05) is 0 Å². The number of hydrogen-bond donors (Lipinski definition) is 1. The molecule has 0 atom stereocenters. The van der Waals surface area contributed by atoms with Crippen LogP contribution in [0.5, 0.6) is 5.75 Å². The maximum atomic E-state index is 10.9. The molecule has 98 valence electrons. The third kappa shape index (κ3) is 3.41. The van der Waals surface area contributed by atoms with E-state index in [-0.39, 0.29) is 6.42 Å². The van der Waals surface area contributed by atoms with Crippen LogP contribution in [0.1, 0.15) is 25.7 Å². The van der Waals surface area contributed by atoms with Crippen molar-refractivity contribution in [2.24, 2.45) is 0 Å². The van der Waals surface area contributed by atoms with Gasteiger partial charge in [-0.2, -0.15) is 0 Å². The molecule has 3 nitrogen and oxygen atoms in total. The molecule has 18 heavy (non-hydrogen) atoms. The van der Waals surface area contributed by atoms with Crippen LogP contribution in [0.15, 0.2) is 12.1 Å². The van der Waals surface area contributed by atoms with E-state index >= 15 is 0 Å². The van der Waals surface area contributed by atoms with Crippen LogP contribution in [0, 0.1) is 10.7 Å². The van der Waals surface area contributed by atoms with Gasteiger partial charge in [0.25, 0.3) is 0 Å². The van der Waals surface area contributed by atoms with Crippen molar-refractivity contribution in [1.29, 1.82) is 0 Å². The molecular formula is C12H11I3O3. The minimum atomic E-state index is -0.787. The molecule has 0 bridgehead atoms. The van der Waals surface area contributed by atoms with Crippen LogP contribution in [0.3, 0.4) is 0 Å². The van der Waals surface area contributed by atoms with Gasteiger partial charge < -0.3 is 9.84 Å². The predicted octanol–water partition coefficient (Wildman–Crippen LogP) is 4.28. The van der Waals surface area contributed by atoms with Crippen LogP contribution >= 0.6 is 67.8 Å². The Hall–Kier alpha value is 0.680. The van der Waals surface area contributed by atoms with E-state index in [1.165, 1.54) is 0 Å². The molecule has 0 amide bonds. The molecule has 1 aromatic carbocycles. The lowest BCUT2D eigenvalue weighted by atomic mass is 9.77. The Labute approximate surface area is 146 Å². The number of ether oxygens (including phenoxy) is 1. The lowest BCUT2D eigenvalue weighted by Crippen LogP contribution is -2.45. The van der Waals surface area contributed by atoms with Crippen molar-refractivity contribution in [3.8, 4) is 5.75 Å². The molecule has 0 spiro atoms. The second-order valence-corrected chi connectivity index (χ2v) is 7.98. The molecule has 1 aromatic rings. The van der Waals surface area contributed by atoms with Crippen molar-refractivity contribution < 1.29 is 14.6 Å². The molecule has 1 aliphatic rings. The summed E-state index contributed by atoms with van der Waals surface area (Å²) < 4.78 is 9.31. The largest absolute Gasteiger partial charge is 0.484 e. The van der Waals surface area contributed by atoms with Gasteiger partial charge >= 0.3 is 5.97 Å². The first kappa shape index (κ1) is 15.1. The van der Waals surface area contributed by atoms with E-state index in [1.807, 2.05) is 12.1 Å². The van der Waals surface area contributed by atoms with Crippen LogP contribution < -0.4 is 4.74 Å². The molecule has 1 aliphatic carbocycles. The average Bonchev–Trinajstić information content (AvgIpc) is 2.18. The fraction of sp³-hybridized carbons (Fsp3) is 0.417. The summed E-state index contributed by atoms with van der Waals surface area (Å²) >= 11 is 6.76. The second kappa shape index (κ2) is 5.98. The molecule has 2 rings (SSSR count). The number of halogens is 3. The maximum absolute atomic E-state index is 10.9. The minimum absolute atomic E-state index is 0.0884. The summed E-state index contributed by atoms with van der Waals surface area (Å²) in [5.74, 6) is 0.0443. The zero-order valence-corrected chi connectivity index (χ0v) is 15.9. The standard InChI is InChI=1S/C12H11I3O3/c13-7-4-8(14)11(9(15)5-7)18-12(2-1-3-12)6-10(16)17/h4-5H,1-3,6H2,(H,16,17). The van der Waals surface area contributed by atoms with Crippen LogP contribution in [-0.4, -0.2) is 16.7 Å². The summed E-state index contributed by atoms with van der Waals surface area (Å²) in [4.78, 5) is 10.9. The molecule has 0 radical (unpaired) electrons. The third-order valence-corrected chi connectivity index (χ3v) is 5.25. The van der Waals surface area contributed by atoms with Crippen LogP contribution in [0.4, 0.5) is 0 Å². The highest BCUT2D eigenvalue weighted by Gasteiger charge is 2.42. The van der Waals surface area contributed by atoms with E-state index in [0.717, 1.165) is 35.7 Å². The summed E-state index contributed by atoms with van der Waals surface area (Å²) in [6, 6.07) is 4.09. The molecule has 1 fully saturated rings.